The fraction of sp³-hybridized carbons (Fsp3) is 0.250. The van der Waals surface area contributed by atoms with Crippen LogP contribution in [0.2, 0.25) is 0 Å². The lowest BCUT2D eigenvalue weighted by molar-refractivity contribution is -0.127. The number of rotatable bonds is 8. The third kappa shape index (κ3) is 4.99. The molecule has 0 unspecified atom stereocenters. The molecule has 2 amide bonds. The Balaban J connectivity index is 2.16. The number of hydrogen-bond acceptors (Lipinski definition) is 4. The molecule has 3 rings (SSSR count). The Morgan fingerprint density at radius 1 is 0.970 bits per heavy atom. The molecule has 8 nitrogen and oxygen atoms in total. The maximum absolute atomic E-state index is 13.2. The monoisotopic (exact) mass is 468 g/mol. The second-order valence-corrected chi connectivity index (χ2v) is 9.56. The number of aromatic nitrogens is 1. The molecule has 0 saturated heterocycles. The van der Waals surface area contributed by atoms with Crippen LogP contribution in [0.25, 0.3) is 17.0 Å². The number of carbonyl (C=O) groups is 2. The lowest BCUT2D eigenvalue weighted by atomic mass is 10.1. The normalized spacial score (nSPS) is 12.2. The van der Waals surface area contributed by atoms with E-state index in [1.54, 1.807) is 59.5 Å². The number of benzene rings is 2. The predicted octanol–water partition coefficient (Wildman–Crippen LogP) is 2.94. The lowest BCUT2D eigenvalue weighted by Crippen LogP contribution is -2.38. The molecule has 0 fully saturated rings. The SMILES string of the molecule is CCN(CC)C(=O)C(=Cc1cn(S(=O)(=O)N(C)C)c2ccccc12)NC(=O)c1ccccc1. The van der Waals surface area contributed by atoms with Crippen LogP contribution in [0.4, 0.5) is 0 Å². The van der Waals surface area contributed by atoms with Gasteiger partial charge in [0, 0.05) is 49.9 Å². The van der Waals surface area contributed by atoms with Crippen molar-refractivity contribution in [1.82, 2.24) is 18.5 Å². The van der Waals surface area contributed by atoms with E-state index in [0.717, 1.165) is 4.31 Å². The smallest absolute Gasteiger partial charge is 0.307 e. The van der Waals surface area contributed by atoms with Gasteiger partial charge in [-0.15, -0.1) is 0 Å². The van der Waals surface area contributed by atoms with Crippen LogP contribution in [0.3, 0.4) is 0 Å². The highest BCUT2D eigenvalue weighted by Crippen LogP contribution is 2.26. The summed E-state index contributed by atoms with van der Waals surface area (Å²) >= 11 is 0. The summed E-state index contributed by atoms with van der Waals surface area (Å²) in [6.07, 6.45) is 3.00. The van der Waals surface area contributed by atoms with Gasteiger partial charge in [0.2, 0.25) is 0 Å². The van der Waals surface area contributed by atoms with Gasteiger partial charge >= 0.3 is 10.2 Å². The molecule has 0 aliphatic rings. The van der Waals surface area contributed by atoms with Gasteiger partial charge in [-0.05, 0) is 38.1 Å². The summed E-state index contributed by atoms with van der Waals surface area (Å²) in [6.45, 7) is 4.64. The predicted molar refractivity (Wildman–Crippen MR) is 130 cm³/mol. The molecule has 0 bridgehead atoms. The number of fused-ring (bicyclic) bond motifs is 1. The standard InChI is InChI=1S/C24H28N4O4S/c1-5-27(6-2)24(30)21(25-23(29)18-12-8-7-9-13-18)16-19-17-28(33(31,32)26(3)4)22-15-11-10-14-20(19)22/h7-17H,5-6H2,1-4H3,(H,25,29). The summed E-state index contributed by atoms with van der Waals surface area (Å²) < 4.78 is 28.0. The Morgan fingerprint density at radius 2 is 1.58 bits per heavy atom. The average molecular weight is 469 g/mol. The second kappa shape index (κ2) is 10.0. The Morgan fingerprint density at radius 3 is 2.18 bits per heavy atom. The van der Waals surface area contributed by atoms with Crippen molar-refractivity contribution in [3.8, 4) is 0 Å². The van der Waals surface area contributed by atoms with Crippen LogP contribution in [0.15, 0.2) is 66.5 Å². The van der Waals surface area contributed by atoms with E-state index in [-0.39, 0.29) is 11.6 Å². The minimum absolute atomic E-state index is 0.0673. The van der Waals surface area contributed by atoms with Crippen molar-refractivity contribution in [2.75, 3.05) is 27.2 Å². The van der Waals surface area contributed by atoms with Crippen LogP contribution < -0.4 is 5.32 Å². The van der Waals surface area contributed by atoms with Crippen molar-refractivity contribution >= 4 is 39.0 Å². The lowest BCUT2D eigenvalue weighted by Gasteiger charge is -2.21. The first-order valence-corrected chi connectivity index (χ1v) is 12.0. The van der Waals surface area contributed by atoms with E-state index in [1.807, 2.05) is 13.8 Å². The molecule has 1 aromatic heterocycles. The molecule has 0 spiro atoms. The van der Waals surface area contributed by atoms with Crippen molar-refractivity contribution in [2.45, 2.75) is 13.8 Å². The first-order chi connectivity index (χ1) is 15.7. The number of likely N-dealkylation sites (N-methyl/N-ethyl adjacent to an activating group) is 1. The van der Waals surface area contributed by atoms with Gasteiger partial charge in [-0.1, -0.05) is 36.4 Å². The number of hydrogen-bond donors (Lipinski definition) is 1. The first-order valence-electron chi connectivity index (χ1n) is 10.6. The van der Waals surface area contributed by atoms with Gasteiger partial charge in [-0.3, -0.25) is 9.59 Å². The van der Waals surface area contributed by atoms with Crippen molar-refractivity contribution in [3.05, 3.63) is 77.6 Å². The van der Waals surface area contributed by atoms with Crippen molar-refractivity contribution in [3.63, 3.8) is 0 Å². The van der Waals surface area contributed by atoms with Gasteiger partial charge in [-0.25, -0.2) is 3.97 Å². The zero-order valence-electron chi connectivity index (χ0n) is 19.1. The van der Waals surface area contributed by atoms with Crippen LogP contribution in [0.5, 0.6) is 0 Å². The summed E-state index contributed by atoms with van der Waals surface area (Å²) in [6, 6.07) is 15.6. The Kier molecular flexibility index (Phi) is 7.35. The van der Waals surface area contributed by atoms with Crippen LogP contribution in [-0.2, 0) is 15.0 Å². The molecule has 174 valence electrons. The molecular formula is C24H28N4O4S. The topological polar surface area (TPSA) is 91.7 Å². The Labute approximate surface area is 194 Å². The molecule has 1 N–H and O–H groups in total. The second-order valence-electron chi connectivity index (χ2n) is 7.54. The van der Waals surface area contributed by atoms with E-state index >= 15 is 0 Å². The van der Waals surface area contributed by atoms with E-state index in [9.17, 15) is 18.0 Å². The zero-order valence-corrected chi connectivity index (χ0v) is 20.0. The van der Waals surface area contributed by atoms with E-state index in [0.29, 0.717) is 35.1 Å². The highest BCUT2D eigenvalue weighted by molar-refractivity contribution is 7.87. The highest BCUT2D eigenvalue weighted by Gasteiger charge is 2.23. The molecule has 2 aromatic carbocycles. The van der Waals surface area contributed by atoms with E-state index in [1.165, 1.54) is 30.3 Å². The summed E-state index contributed by atoms with van der Waals surface area (Å²) in [5.74, 6) is -0.774. The van der Waals surface area contributed by atoms with E-state index in [4.69, 9.17) is 0 Å². The number of para-hydroxylation sites is 1. The third-order valence-corrected chi connectivity index (χ3v) is 7.01. The number of nitrogens with one attached hydrogen (secondary N) is 1. The molecule has 3 aromatic rings. The molecule has 0 atom stereocenters. The van der Waals surface area contributed by atoms with Crippen LogP contribution in [0.1, 0.15) is 29.8 Å². The summed E-state index contributed by atoms with van der Waals surface area (Å²) in [5.41, 5.74) is 1.45. The fourth-order valence-corrected chi connectivity index (χ4v) is 4.44. The van der Waals surface area contributed by atoms with Gasteiger partial charge in [-0.2, -0.15) is 12.7 Å². The molecule has 9 heteroatoms. The highest BCUT2D eigenvalue weighted by atomic mass is 32.2. The Hall–Kier alpha value is -3.43. The minimum atomic E-state index is -3.79. The van der Waals surface area contributed by atoms with E-state index in [2.05, 4.69) is 5.32 Å². The van der Waals surface area contributed by atoms with Crippen molar-refractivity contribution < 1.29 is 18.0 Å². The molecule has 0 aliphatic heterocycles. The van der Waals surface area contributed by atoms with E-state index < -0.39 is 16.1 Å². The quantitative estimate of drug-likeness (QED) is 0.515. The van der Waals surface area contributed by atoms with Crippen molar-refractivity contribution in [1.29, 1.82) is 0 Å². The fourth-order valence-electron chi connectivity index (χ4n) is 3.43. The molecule has 0 saturated carbocycles. The van der Waals surface area contributed by atoms with Gasteiger partial charge in [0.15, 0.2) is 0 Å². The molecule has 0 aliphatic carbocycles. The maximum Gasteiger partial charge on any atom is 0.307 e. The van der Waals surface area contributed by atoms with Crippen LogP contribution in [0, 0.1) is 0 Å². The number of carbonyl (C=O) groups excluding carboxylic acids is 2. The van der Waals surface area contributed by atoms with Gasteiger partial charge in [0.05, 0.1) is 5.52 Å². The molecular weight excluding hydrogens is 440 g/mol. The van der Waals surface area contributed by atoms with Crippen LogP contribution in [-0.4, -0.2) is 60.6 Å². The molecule has 1 heterocycles. The largest absolute Gasteiger partial charge is 0.338 e. The maximum atomic E-state index is 13.2. The first kappa shape index (κ1) is 24.2. The number of amides is 2. The van der Waals surface area contributed by atoms with Gasteiger partial charge < -0.3 is 10.2 Å². The minimum Gasteiger partial charge on any atom is -0.338 e. The van der Waals surface area contributed by atoms with Gasteiger partial charge in [0.1, 0.15) is 5.70 Å². The summed E-state index contributed by atoms with van der Waals surface area (Å²) in [5, 5.41) is 3.37. The summed E-state index contributed by atoms with van der Waals surface area (Å²) in [7, 11) is -0.886. The summed E-state index contributed by atoms with van der Waals surface area (Å²) in [4.78, 5) is 27.7. The Bertz CT molecular complexity index is 1290. The zero-order chi connectivity index (χ0) is 24.2. The van der Waals surface area contributed by atoms with Crippen LogP contribution >= 0.6 is 0 Å². The average Bonchev–Trinajstić information content (AvgIpc) is 3.19. The van der Waals surface area contributed by atoms with Gasteiger partial charge in [0.25, 0.3) is 11.8 Å². The number of nitrogens with zero attached hydrogens (tertiary/aromatic N) is 3. The van der Waals surface area contributed by atoms with Crippen molar-refractivity contribution in [2.24, 2.45) is 0 Å². The molecule has 0 radical (unpaired) electrons. The molecule has 33 heavy (non-hydrogen) atoms. The third-order valence-electron chi connectivity index (χ3n) is 5.28.